The van der Waals surface area contributed by atoms with Gasteiger partial charge in [0.15, 0.2) is 6.10 Å². The number of aliphatic carboxylic acids is 1. The third-order valence-corrected chi connectivity index (χ3v) is 4.85. The minimum absolute atomic E-state index is 0.200. The number of carbonyl (C=O) groups excluding carboxylic acids is 2. The van der Waals surface area contributed by atoms with E-state index in [0.717, 1.165) is 25.3 Å². The number of carbonyl (C=O) groups is 3. The highest BCUT2D eigenvalue weighted by molar-refractivity contribution is 5.84. The summed E-state index contributed by atoms with van der Waals surface area (Å²) in [7, 11) is 0. The molecule has 0 aromatic heterocycles. The van der Waals surface area contributed by atoms with Gasteiger partial charge in [-0.05, 0) is 18.9 Å². The van der Waals surface area contributed by atoms with Gasteiger partial charge in [0, 0.05) is 19.4 Å². The van der Waals surface area contributed by atoms with Gasteiger partial charge >= 0.3 is 5.97 Å². The van der Waals surface area contributed by atoms with Gasteiger partial charge in [-0.2, -0.15) is 0 Å². The Kier molecular flexibility index (Phi) is 11.4. The summed E-state index contributed by atoms with van der Waals surface area (Å²) in [6, 6.07) is -1.16. The number of carboxylic acid groups (broad SMARTS) is 1. The topological polar surface area (TPSA) is 165 Å². The average molecular weight is 430 g/mol. The highest BCUT2D eigenvalue weighted by Gasteiger charge is 2.43. The molecule has 1 aliphatic heterocycles. The predicted molar refractivity (Wildman–Crippen MR) is 107 cm³/mol. The first-order chi connectivity index (χ1) is 14.2. The maximum Gasteiger partial charge on any atom is 0.370 e. The number of hydrogen-bond acceptors (Lipinski definition) is 7. The quantitative estimate of drug-likeness (QED) is 0.219. The summed E-state index contributed by atoms with van der Waals surface area (Å²) in [4.78, 5) is 35.2. The van der Waals surface area contributed by atoms with E-state index in [2.05, 4.69) is 10.6 Å². The summed E-state index contributed by atoms with van der Waals surface area (Å²) in [5.74, 6) is -2.73. The number of unbranched alkanes of at least 4 members (excludes halogenated alkanes) is 3. The van der Waals surface area contributed by atoms with E-state index in [0.29, 0.717) is 12.8 Å². The molecule has 0 aliphatic carbocycles. The third-order valence-electron chi connectivity index (χ3n) is 4.85. The van der Waals surface area contributed by atoms with Crippen LogP contribution in [-0.4, -0.2) is 75.2 Å². The van der Waals surface area contributed by atoms with E-state index < -0.39 is 42.2 Å². The molecule has 172 valence electrons. The predicted octanol–water partition coefficient (Wildman–Crippen LogP) is -0.192. The van der Waals surface area contributed by atoms with Crippen LogP contribution in [0.15, 0.2) is 11.8 Å². The molecule has 10 heteroatoms. The second-order valence-corrected chi connectivity index (χ2v) is 7.43. The van der Waals surface area contributed by atoms with E-state index in [1.807, 2.05) is 13.8 Å². The van der Waals surface area contributed by atoms with Crippen LogP contribution in [0.5, 0.6) is 0 Å². The van der Waals surface area contributed by atoms with E-state index >= 15 is 0 Å². The molecule has 0 fully saturated rings. The average Bonchev–Trinajstić information content (AvgIpc) is 2.71. The van der Waals surface area contributed by atoms with Crippen LogP contribution < -0.4 is 10.6 Å². The largest absolute Gasteiger partial charge is 0.478 e. The van der Waals surface area contributed by atoms with Crippen molar-refractivity contribution in [2.24, 2.45) is 0 Å². The van der Waals surface area contributed by atoms with E-state index in [9.17, 15) is 34.8 Å². The maximum atomic E-state index is 12.2. The van der Waals surface area contributed by atoms with Crippen molar-refractivity contribution in [3.8, 4) is 0 Å². The molecule has 0 aromatic rings. The number of hydrogen-bond donors (Lipinski definition) is 6. The molecule has 1 rings (SSSR count). The van der Waals surface area contributed by atoms with Gasteiger partial charge in [0.25, 0.3) is 0 Å². The lowest BCUT2D eigenvalue weighted by Gasteiger charge is -2.38. The Morgan fingerprint density at radius 2 is 1.70 bits per heavy atom. The van der Waals surface area contributed by atoms with Crippen molar-refractivity contribution in [2.75, 3.05) is 6.54 Å². The van der Waals surface area contributed by atoms with Gasteiger partial charge in [-0.1, -0.05) is 33.1 Å². The van der Waals surface area contributed by atoms with Gasteiger partial charge in [-0.3, -0.25) is 9.59 Å². The fourth-order valence-electron chi connectivity index (χ4n) is 3.06. The lowest BCUT2D eigenvalue weighted by Crippen LogP contribution is -2.60. The van der Waals surface area contributed by atoms with Crippen LogP contribution >= 0.6 is 0 Å². The van der Waals surface area contributed by atoms with Gasteiger partial charge in [0.05, 0.1) is 6.04 Å². The van der Waals surface area contributed by atoms with Gasteiger partial charge < -0.3 is 35.8 Å². The standard InChI is InChI=1S/C20H34N2O8/c1-3-5-7-9-16(26)22-17-12(23)10-14(20(28)29)30-19(17)18(27)13(24)11-21-15(25)8-6-4-2/h10,12-13,17-19,23-24,27H,3-9,11H2,1-2H3,(H,21,25)(H,22,26)(H,28,29)/t12-,13+,17+,18+,19+/m0/s1. The van der Waals surface area contributed by atoms with Crippen LogP contribution in [0.4, 0.5) is 0 Å². The van der Waals surface area contributed by atoms with Gasteiger partial charge in [0.1, 0.15) is 18.3 Å². The molecular formula is C20H34N2O8. The second kappa shape index (κ2) is 13.2. The molecule has 6 N–H and O–H groups in total. The van der Waals surface area contributed by atoms with Crippen LogP contribution in [0.3, 0.4) is 0 Å². The molecule has 0 spiro atoms. The molecule has 0 bridgehead atoms. The van der Waals surface area contributed by atoms with Crippen molar-refractivity contribution < 1.29 is 39.5 Å². The number of carboxylic acids is 1. The zero-order valence-electron chi connectivity index (χ0n) is 17.5. The van der Waals surface area contributed by atoms with Crippen LogP contribution in [0, 0.1) is 0 Å². The van der Waals surface area contributed by atoms with Crippen molar-refractivity contribution in [1.82, 2.24) is 10.6 Å². The molecule has 0 saturated carbocycles. The molecule has 2 amide bonds. The first kappa shape index (κ1) is 25.9. The number of amides is 2. The van der Waals surface area contributed by atoms with E-state index in [4.69, 9.17) is 4.74 Å². The second-order valence-electron chi connectivity index (χ2n) is 7.43. The Morgan fingerprint density at radius 3 is 2.30 bits per heavy atom. The number of rotatable bonds is 13. The van der Waals surface area contributed by atoms with Crippen molar-refractivity contribution in [3.63, 3.8) is 0 Å². The molecule has 0 aromatic carbocycles. The van der Waals surface area contributed by atoms with Gasteiger partial charge in [-0.25, -0.2) is 4.79 Å². The zero-order chi connectivity index (χ0) is 22.7. The van der Waals surface area contributed by atoms with Crippen molar-refractivity contribution in [3.05, 3.63) is 11.8 Å². The molecule has 1 heterocycles. The summed E-state index contributed by atoms with van der Waals surface area (Å²) < 4.78 is 5.28. The molecule has 0 radical (unpaired) electrons. The summed E-state index contributed by atoms with van der Waals surface area (Å²) in [5.41, 5.74) is 0. The lowest BCUT2D eigenvalue weighted by molar-refractivity contribution is -0.148. The molecule has 10 nitrogen and oxygen atoms in total. The van der Waals surface area contributed by atoms with Crippen LogP contribution in [0.1, 0.15) is 58.8 Å². The summed E-state index contributed by atoms with van der Waals surface area (Å²) in [5, 5.41) is 45.4. The number of aliphatic hydroxyl groups is 3. The van der Waals surface area contributed by atoms with Crippen molar-refractivity contribution >= 4 is 17.8 Å². The fraction of sp³-hybridized carbons (Fsp3) is 0.750. The normalized spacial score (nSPS) is 23.0. The fourth-order valence-corrected chi connectivity index (χ4v) is 3.06. The zero-order valence-corrected chi connectivity index (χ0v) is 17.5. The maximum absolute atomic E-state index is 12.2. The number of nitrogens with one attached hydrogen (secondary N) is 2. The number of aliphatic hydroxyl groups excluding tert-OH is 3. The van der Waals surface area contributed by atoms with E-state index in [1.165, 1.54) is 0 Å². The van der Waals surface area contributed by atoms with Crippen molar-refractivity contribution in [2.45, 2.75) is 89.3 Å². The minimum Gasteiger partial charge on any atom is -0.478 e. The monoisotopic (exact) mass is 430 g/mol. The van der Waals surface area contributed by atoms with E-state index in [1.54, 1.807) is 0 Å². The Morgan fingerprint density at radius 1 is 1.07 bits per heavy atom. The molecule has 1 aliphatic rings. The minimum atomic E-state index is -1.67. The summed E-state index contributed by atoms with van der Waals surface area (Å²) >= 11 is 0. The lowest BCUT2D eigenvalue weighted by atomic mass is 9.93. The highest BCUT2D eigenvalue weighted by atomic mass is 16.5. The first-order valence-corrected chi connectivity index (χ1v) is 10.4. The summed E-state index contributed by atoms with van der Waals surface area (Å²) in [6.45, 7) is 3.63. The smallest absolute Gasteiger partial charge is 0.370 e. The Labute approximate surface area is 176 Å². The van der Waals surface area contributed by atoms with Gasteiger partial charge in [0.2, 0.25) is 17.6 Å². The Hall–Kier alpha value is -2.17. The Bertz CT molecular complexity index is 610. The third kappa shape index (κ3) is 8.29. The molecule has 0 saturated heterocycles. The first-order valence-electron chi connectivity index (χ1n) is 10.4. The van der Waals surface area contributed by atoms with E-state index in [-0.39, 0.29) is 31.2 Å². The van der Waals surface area contributed by atoms with Crippen LogP contribution in [-0.2, 0) is 19.1 Å². The molecular weight excluding hydrogens is 396 g/mol. The SMILES string of the molecule is CCCCCC(=O)N[C@H]1[C@H]([C@H](O)[C@H](O)CNC(=O)CCCC)OC(C(=O)O)=C[C@@H]1O. The van der Waals surface area contributed by atoms with Gasteiger partial charge in [-0.15, -0.1) is 0 Å². The van der Waals surface area contributed by atoms with Crippen molar-refractivity contribution in [1.29, 1.82) is 0 Å². The highest BCUT2D eigenvalue weighted by Crippen LogP contribution is 2.23. The number of ether oxygens (including phenoxy) is 1. The molecule has 0 unspecified atom stereocenters. The van der Waals surface area contributed by atoms with Crippen LogP contribution in [0.2, 0.25) is 0 Å². The molecule has 30 heavy (non-hydrogen) atoms. The van der Waals surface area contributed by atoms with Crippen LogP contribution in [0.25, 0.3) is 0 Å². The molecule has 5 atom stereocenters. The summed E-state index contributed by atoms with van der Waals surface area (Å²) in [6.07, 6.45) is -0.699. The Balaban J connectivity index is 2.84.